The van der Waals surface area contributed by atoms with Crippen molar-refractivity contribution in [3.05, 3.63) is 23.8 Å². The molecule has 1 atom stereocenters. The van der Waals surface area contributed by atoms with Crippen molar-refractivity contribution in [3.63, 3.8) is 0 Å². The number of nitrogens with one attached hydrogen (secondary N) is 1. The fourth-order valence-corrected chi connectivity index (χ4v) is 2.27. The van der Waals surface area contributed by atoms with Gasteiger partial charge in [-0.25, -0.2) is 0 Å². The summed E-state index contributed by atoms with van der Waals surface area (Å²) in [5, 5.41) is 3.57. The van der Waals surface area contributed by atoms with E-state index in [9.17, 15) is 0 Å². The van der Waals surface area contributed by atoms with Gasteiger partial charge in [-0.1, -0.05) is 0 Å². The molecule has 0 aliphatic carbocycles. The summed E-state index contributed by atoms with van der Waals surface area (Å²) in [6, 6.07) is 5.95. The summed E-state index contributed by atoms with van der Waals surface area (Å²) in [6.45, 7) is 5.63. The van der Waals surface area contributed by atoms with Gasteiger partial charge in [0.25, 0.3) is 0 Å². The molecule has 0 spiro atoms. The van der Waals surface area contributed by atoms with Gasteiger partial charge in [0.1, 0.15) is 11.5 Å². The predicted molar refractivity (Wildman–Crippen MR) is 70.3 cm³/mol. The van der Waals surface area contributed by atoms with Crippen molar-refractivity contribution in [3.8, 4) is 11.5 Å². The van der Waals surface area contributed by atoms with Crippen molar-refractivity contribution >= 4 is 0 Å². The zero-order valence-electron chi connectivity index (χ0n) is 11.4. The van der Waals surface area contributed by atoms with Crippen molar-refractivity contribution in [2.24, 2.45) is 0 Å². The van der Waals surface area contributed by atoms with Crippen LogP contribution >= 0.6 is 0 Å². The van der Waals surface area contributed by atoms with Crippen LogP contribution in [0.25, 0.3) is 0 Å². The SMILES string of the molecule is COc1ccc(OC)c(C2COCC(C)(C)N2)c1. The van der Waals surface area contributed by atoms with Crippen LogP contribution in [0.15, 0.2) is 18.2 Å². The van der Waals surface area contributed by atoms with E-state index in [2.05, 4.69) is 19.2 Å². The highest BCUT2D eigenvalue weighted by atomic mass is 16.5. The number of benzene rings is 1. The Morgan fingerprint density at radius 3 is 2.67 bits per heavy atom. The molecule has 1 aromatic carbocycles. The first-order chi connectivity index (χ1) is 8.55. The van der Waals surface area contributed by atoms with E-state index >= 15 is 0 Å². The van der Waals surface area contributed by atoms with Crippen LogP contribution < -0.4 is 14.8 Å². The molecule has 100 valence electrons. The standard InChI is InChI=1S/C14H21NO3/c1-14(2)9-18-8-12(15-14)11-7-10(16-3)5-6-13(11)17-4/h5-7,12,15H,8-9H2,1-4H3. The molecule has 0 bridgehead atoms. The van der Waals surface area contributed by atoms with Crippen molar-refractivity contribution in [1.29, 1.82) is 0 Å². The molecule has 1 aliphatic heterocycles. The van der Waals surface area contributed by atoms with E-state index in [-0.39, 0.29) is 11.6 Å². The second-order valence-electron chi connectivity index (χ2n) is 5.20. The summed E-state index contributed by atoms with van der Waals surface area (Å²) in [6.07, 6.45) is 0. The van der Waals surface area contributed by atoms with Crippen LogP contribution in [-0.2, 0) is 4.74 Å². The highest BCUT2D eigenvalue weighted by Gasteiger charge is 2.30. The molecule has 18 heavy (non-hydrogen) atoms. The minimum atomic E-state index is -0.0307. The van der Waals surface area contributed by atoms with E-state index in [1.807, 2.05) is 18.2 Å². The first kappa shape index (κ1) is 13.2. The number of methoxy groups -OCH3 is 2. The first-order valence-corrected chi connectivity index (χ1v) is 6.13. The third kappa shape index (κ3) is 2.76. The van der Waals surface area contributed by atoms with Gasteiger partial charge in [0.15, 0.2) is 0 Å². The Hall–Kier alpha value is -1.26. The number of hydrogen-bond acceptors (Lipinski definition) is 4. The molecule has 0 radical (unpaired) electrons. The summed E-state index contributed by atoms with van der Waals surface area (Å²) in [7, 11) is 3.35. The summed E-state index contributed by atoms with van der Waals surface area (Å²) < 4.78 is 16.4. The van der Waals surface area contributed by atoms with Crippen molar-refractivity contribution < 1.29 is 14.2 Å². The number of morpholine rings is 1. The molecule has 1 N–H and O–H groups in total. The lowest BCUT2D eigenvalue weighted by Crippen LogP contribution is -2.51. The van der Waals surface area contributed by atoms with Crippen LogP contribution in [0.4, 0.5) is 0 Å². The van der Waals surface area contributed by atoms with E-state index in [1.54, 1.807) is 14.2 Å². The lowest BCUT2D eigenvalue weighted by atomic mass is 9.98. The Balaban J connectivity index is 2.30. The van der Waals surface area contributed by atoms with Crippen LogP contribution in [0.3, 0.4) is 0 Å². The van der Waals surface area contributed by atoms with E-state index in [1.165, 1.54) is 0 Å². The second-order valence-corrected chi connectivity index (χ2v) is 5.20. The van der Waals surface area contributed by atoms with Gasteiger partial charge in [-0.3, -0.25) is 0 Å². The maximum absolute atomic E-state index is 5.67. The van der Waals surface area contributed by atoms with Gasteiger partial charge < -0.3 is 19.5 Å². The van der Waals surface area contributed by atoms with E-state index in [0.29, 0.717) is 6.61 Å². The number of hydrogen-bond donors (Lipinski definition) is 1. The quantitative estimate of drug-likeness (QED) is 0.893. The zero-order valence-corrected chi connectivity index (χ0v) is 11.4. The molecular formula is C14H21NO3. The van der Waals surface area contributed by atoms with Gasteiger partial charge in [-0.2, -0.15) is 0 Å². The molecule has 1 aromatic rings. The molecule has 1 heterocycles. The number of rotatable bonds is 3. The maximum Gasteiger partial charge on any atom is 0.123 e. The molecular weight excluding hydrogens is 230 g/mol. The first-order valence-electron chi connectivity index (χ1n) is 6.13. The Morgan fingerprint density at radius 1 is 1.28 bits per heavy atom. The molecule has 1 aliphatic rings. The summed E-state index contributed by atoms with van der Waals surface area (Å²) in [5.74, 6) is 1.69. The monoisotopic (exact) mass is 251 g/mol. The molecule has 1 fully saturated rings. The lowest BCUT2D eigenvalue weighted by molar-refractivity contribution is 0.0121. The van der Waals surface area contributed by atoms with Gasteiger partial charge in [0.2, 0.25) is 0 Å². The fraction of sp³-hybridized carbons (Fsp3) is 0.571. The van der Waals surface area contributed by atoms with Crippen LogP contribution in [0.1, 0.15) is 25.5 Å². The van der Waals surface area contributed by atoms with E-state index in [0.717, 1.165) is 23.7 Å². The van der Waals surface area contributed by atoms with Gasteiger partial charge in [0.05, 0.1) is 33.5 Å². The Bertz CT molecular complexity index is 418. The summed E-state index contributed by atoms with van der Waals surface area (Å²) >= 11 is 0. The Labute approximate surface area is 108 Å². The maximum atomic E-state index is 5.67. The molecule has 4 nitrogen and oxygen atoms in total. The molecule has 1 unspecified atom stereocenters. The minimum absolute atomic E-state index is 0.0307. The van der Waals surface area contributed by atoms with Crippen molar-refractivity contribution in [2.45, 2.75) is 25.4 Å². The predicted octanol–water partition coefficient (Wildman–Crippen LogP) is 2.14. The van der Waals surface area contributed by atoms with Crippen LogP contribution in [-0.4, -0.2) is 33.0 Å². The highest BCUT2D eigenvalue weighted by molar-refractivity contribution is 5.42. The average Bonchev–Trinajstić information content (AvgIpc) is 2.36. The summed E-state index contributed by atoms with van der Waals surface area (Å²) in [5.41, 5.74) is 1.04. The third-order valence-corrected chi connectivity index (χ3v) is 3.12. The molecule has 1 saturated heterocycles. The smallest absolute Gasteiger partial charge is 0.123 e. The topological polar surface area (TPSA) is 39.7 Å². The summed E-state index contributed by atoms with van der Waals surface area (Å²) in [4.78, 5) is 0. The van der Waals surface area contributed by atoms with Gasteiger partial charge in [0, 0.05) is 11.1 Å². The largest absolute Gasteiger partial charge is 0.497 e. The average molecular weight is 251 g/mol. The normalized spacial score (nSPS) is 22.6. The van der Waals surface area contributed by atoms with Gasteiger partial charge >= 0.3 is 0 Å². The molecule has 0 saturated carbocycles. The van der Waals surface area contributed by atoms with Crippen LogP contribution in [0, 0.1) is 0 Å². The van der Waals surface area contributed by atoms with E-state index in [4.69, 9.17) is 14.2 Å². The number of ether oxygens (including phenoxy) is 3. The Kier molecular flexibility index (Phi) is 3.78. The third-order valence-electron chi connectivity index (χ3n) is 3.12. The van der Waals surface area contributed by atoms with E-state index < -0.39 is 0 Å². The van der Waals surface area contributed by atoms with Crippen molar-refractivity contribution in [1.82, 2.24) is 5.32 Å². The minimum Gasteiger partial charge on any atom is -0.497 e. The Morgan fingerprint density at radius 2 is 2.06 bits per heavy atom. The van der Waals surface area contributed by atoms with Crippen LogP contribution in [0.2, 0.25) is 0 Å². The van der Waals surface area contributed by atoms with Crippen molar-refractivity contribution in [2.75, 3.05) is 27.4 Å². The fourth-order valence-electron chi connectivity index (χ4n) is 2.27. The molecule has 4 heteroatoms. The molecule has 2 rings (SSSR count). The lowest BCUT2D eigenvalue weighted by Gasteiger charge is -2.37. The van der Waals surface area contributed by atoms with Gasteiger partial charge in [-0.15, -0.1) is 0 Å². The molecule has 0 aromatic heterocycles. The zero-order chi connectivity index (χ0) is 13.2. The molecule has 0 amide bonds. The van der Waals surface area contributed by atoms with Gasteiger partial charge in [-0.05, 0) is 32.0 Å². The second kappa shape index (κ2) is 5.16. The van der Waals surface area contributed by atoms with Crippen LogP contribution in [0.5, 0.6) is 11.5 Å². The highest BCUT2D eigenvalue weighted by Crippen LogP contribution is 2.32.